The van der Waals surface area contributed by atoms with Crippen molar-refractivity contribution in [2.45, 2.75) is 44.2 Å². The van der Waals surface area contributed by atoms with Crippen molar-refractivity contribution >= 4 is 35.0 Å². The molecule has 382 valence electrons. The largest absolute Gasteiger partial charge is 1.00 e. The number of carbonyl (C=O) groups excluding carboxylic acids is 1. The maximum atomic E-state index is 13.0. The number of carbonyl (C=O) groups is 1. The number of ketones is 1. The quantitative estimate of drug-likeness (QED) is 0.0802. The molecule has 2 aliphatic rings. The molecule has 0 amide bonds. The monoisotopic (exact) mass is 1080 g/mol. The molecule has 13 heteroatoms. The molecule has 2 fully saturated rings. The van der Waals surface area contributed by atoms with Crippen molar-refractivity contribution in [2.75, 3.05) is 52.5 Å². The Hall–Kier alpha value is -6.04. The van der Waals surface area contributed by atoms with E-state index >= 15 is 0 Å². The summed E-state index contributed by atoms with van der Waals surface area (Å²) in [6, 6.07) is 64.8. The molecule has 0 radical (unpaired) electrons. The van der Waals surface area contributed by atoms with Crippen LogP contribution in [0.5, 0.6) is 11.5 Å². The van der Waals surface area contributed by atoms with E-state index in [4.69, 9.17) is 9.47 Å². The van der Waals surface area contributed by atoms with Crippen LogP contribution in [0.2, 0.25) is 0 Å². The van der Waals surface area contributed by atoms with Gasteiger partial charge in [0.2, 0.25) is 0 Å². The second kappa shape index (κ2) is 27.9. The first kappa shape index (κ1) is 56.3. The predicted molar refractivity (Wildman–Crippen MR) is 280 cm³/mol. The first-order valence-corrected chi connectivity index (χ1v) is 26.2. The summed E-state index contributed by atoms with van der Waals surface area (Å²) in [6.45, 7) is 4.72. The van der Waals surface area contributed by atoms with E-state index in [1.54, 1.807) is 6.07 Å². The Morgan fingerprint density at radius 3 is 1.19 bits per heavy atom. The van der Waals surface area contributed by atoms with Gasteiger partial charge in [0.15, 0.2) is 0 Å². The highest BCUT2D eigenvalue weighted by atomic mass is 79.9. The minimum absolute atomic E-state index is 0. The third kappa shape index (κ3) is 16.7. The van der Waals surface area contributed by atoms with Crippen LogP contribution < -0.4 is 42.4 Å². The molecule has 2 saturated heterocycles. The van der Waals surface area contributed by atoms with Crippen LogP contribution in [-0.2, 0) is 23.3 Å². The zero-order valence-corrected chi connectivity index (χ0v) is 43.0. The van der Waals surface area contributed by atoms with E-state index in [1.807, 2.05) is 23.1 Å². The van der Waals surface area contributed by atoms with Gasteiger partial charge in [-0.05, 0) is 84.6 Å². The van der Waals surface area contributed by atoms with Crippen molar-refractivity contribution in [1.29, 1.82) is 0 Å². The maximum Gasteiger partial charge on any atom is 0.419 e. The molecule has 2 heterocycles. The molecule has 0 N–H and O–H groups in total. The Labute approximate surface area is 436 Å². The number of para-hydroxylation sites is 2. The number of hydrogen-bond acceptors (Lipinski definition) is 5. The highest BCUT2D eigenvalue weighted by Crippen LogP contribution is 2.58. The Morgan fingerprint density at radius 2 is 0.795 bits per heavy atom. The van der Waals surface area contributed by atoms with Gasteiger partial charge in [0.25, 0.3) is 0 Å². The van der Waals surface area contributed by atoms with Gasteiger partial charge in [-0.1, -0.05) is 151 Å². The lowest BCUT2D eigenvalue weighted by atomic mass is 10.0. The first-order valence-electron chi connectivity index (χ1n) is 24.3. The lowest BCUT2D eigenvalue weighted by molar-refractivity contribution is -0.139. The lowest BCUT2D eigenvalue weighted by Crippen LogP contribution is -3.00. The molecule has 73 heavy (non-hydrogen) atoms. The van der Waals surface area contributed by atoms with E-state index in [1.165, 1.54) is 62.9 Å². The zero-order chi connectivity index (χ0) is 50.7. The highest BCUT2D eigenvalue weighted by molar-refractivity contribution is 7.95. The van der Waals surface area contributed by atoms with E-state index in [0.29, 0.717) is 39.0 Å². The van der Waals surface area contributed by atoms with Gasteiger partial charge in [-0.15, -0.1) is 0 Å². The predicted octanol–water partition coefficient (Wildman–Crippen LogP) is 10.2. The topological polar surface area (TPSA) is 42.0 Å². The number of piperidine rings is 2. The summed E-state index contributed by atoms with van der Waals surface area (Å²) in [5, 5.41) is 4.30. The molecule has 2 aliphatic heterocycles. The van der Waals surface area contributed by atoms with Crippen molar-refractivity contribution in [1.82, 2.24) is 9.80 Å². The summed E-state index contributed by atoms with van der Waals surface area (Å²) in [5.74, 6) is -0.000608. The second-order valence-electron chi connectivity index (χ2n) is 17.6. The van der Waals surface area contributed by atoms with E-state index in [2.05, 4.69) is 144 Å². The van der Waals surface area contributed by atoms with Gasteiger partial charge in [0.05, 0.1) is 17.3 Å². The fourth-order valence-corrected chi connectivity index (χ4v) is 13.1. The van der Waals surface area contributed by atoms with Crippen LogP contribution >= 0.6 is 7.26 Å². The van der Waals surface area contributed by atoms with Gasteiger partial charge in [-0.3, -0.25) is 14.6 Å². The average molecular weight is 1080 g/mol. The molecule has 0 saturated carbocycles. The third-order valence-electron chi connectivity index (χ3n) is 12.7. The van der Waals surface area contributed by atoms with Crippen molar-refractivity contribution in [3.8, 4) is 11.5 Å². The normalized spacial score (nSPS) is 14.3. The summed E-state index contributed by atoms with van der Waals surface area (Å²) in [5.41, 5.74) is 2.54. The molecule has 5 nitrogen and oxygen atoms in total. The standard InChI is InChI=1S/C25H22P.C21H22F3NO.C14H16F3NO2.BrH/c1-5-13-22(14-6-1)21-26(23-15-7-2-8-16-23,24-17-9-3-10-18-24)25-19-11-4-12-20-25;22-21(23,24)19-8-4-5-9-20(19)26-15-14-25-12-10-18(11-13-25)16-17-6-2-1-3-7-17;15-14(16,17)12-3-1-2-4-13(12)20-10-9-18-7-5-11(19)6-8-18;/h1-20H,21H2;1-9,16H,10-15H2;1-4H,5-10H2;1H/q+1;;;/p-1. The Morgan fingerprint density at radius 1 is 0.452 bits per heavy atom. The number of rotatable bonds is 14. The van der Waals surface area contributed by atoms with Gasteiger partial charge in [0.1, 0.15) is 53.7 Å². The summed E-state index contributed by atoms with van der Waals surface area (Å²) >= 11 is 0. The minimum Gasteiger partial charge on any atom is -1.00 e. The molecular formula is C60H60BrF6N2O3P. The van der Waals surface area contributed by atoms with Gasteiger partial charge in [-0.25, -0.2) is 0 Å². The Kier molecular flexibility index (Phi) is 21.5. The van der Waals surface area contributed by atoms with Crippen LogP contribution in [0, 0.1) is 0 Å². The Balaban J connectivity index is 0.000000179. The zero-order valence-electron chi connectivity index (χ0n) is 40.5. The molecule has 9 rings (SSSR count). The molecule has 0 aromatic heterocycles. The van der Waals surface area contributed by atoms with Crippen molar-refractivity contribution in [3.63, 3.8) is 0 Å². The highest BCUT2D eigenvalue weighted by Gasteiger charge is 2.45. The van der Waals surface area contributed by atoms with Gasteiger partial charge < -0.3 is 26.5 Å². The maximum absolute atomic E-state index is 13.0. The molecule has 0 bridgehead atoms. The average Bonchev–Trinajstić information content (AvgIpc) is 3.40. The molecule has 0 atom stereocenters. The molecular weight excluding hydrogens is 1020 g/mol. The van der Waals surface area contributed by atoms with E-state index < -0.39 is 30.7 Å². The van der Waals surface area contributed by atoms with E-state index in [9.17, 15) is 31.1 Å². The summed E-state index contributed by atoms with van der Waals surface area (Å²) < 4.78 is 87.8. The summed E-state index contributed by atoms with van der Waals surface area (Å²) in [4.78, 5) is 15.3. The fraction of sp³-hybridized carbons (Fsp3) is 0.250. The Bertz CT molecular complexity index is 2630. The number of benzene rings is 7. The number of Topliss-reactive ketones (excluding diaryl/α,β-unsaturated/α-hetero) is 1. The number of alkyl halides is 6. The van der Waals surface area contributed by atoms with E-state index in [0.717, 1.165) is 44.2 Å². The van der Waals surface area contributed by atoms with Crippen molar-refractivity contribution in [2.24, 2.45) is 0 Å². The van der Waals surface area contributed by atoms with Crippen LogP contribution in [0.1, 0.15) is 47.9 Å². The minimum atomic E-state index is -4.41. The molecule has 7 aromatic rings. The number of hydrogen-bond donors (Lipinski definition) is 0. The van der Waals surface area contributed by atoms with Crippen LogP contribution in [0.3, 0.4) is 0 Å². The SMILES string of the molecule is FC(F)(F)c1ccccc1OCCN1CCC(=Cc2ccccc2)CC1.O=C1CCN(CCOc2ccccc2C(F)(F)F)CC1.[Br-].c1ccc(C[P+](c2ccccc2)(c2ccccc2)c2ccccc2)cc1. The van der Waals surface area contributed by atoms with Crippen LogP contribution in [0.4, 0.5) is 26.3 Å². The molecule has 7 aromatic carbocycles. The van der Waals surface area contributed by atoms with Crippen LogP contribution in [0.25, 0.3) is 6.08 Å². The third-order valence-corrected chi connectivity index (χ3v) is 17.0. The number of nitrogens with zero attached hydrogens (tertiary/aromatic N) is 2. The molecule has 0 unspecified atom stereocenters. The summed E-state index contributed by atoms with van der Waals surface area (Å²) in [7, 11) is -1.78. The van der Waals surface area contributed by atoms with Crippen molar-refractivity contribution in [3.05, 3.63) is 228 Å². The van der Waals surface area contributed by atoms with Crippen LogP contribution in [-0.4, -0.2) is 68.1 Å². The molecule has 0 aliphatic carbocycles. The number of ether oxygens (including phenoxy) is 2. The fourth-order valence-electron chi connectivity index (χ4n) is 8.87. The van der Waals surface area contributed by atoms with Crippen LogP contribution in [0.15, 0.2) is 206 Å². The second-order valence-corrected chi connectivity index (χ2v) is 21.1. The number of halogens is 7. The van der Waals surface area contributed by atoms with Gasteiger partial charge in [-0.2, -0.15) is 26.3 Å². The smallest absolute Gasteiger partial charge is 0.419 e. The van der Waals surface area contributed by atoms with Gasteiger partial charge >= 0.3 is 12.4 Å². The molecule has 0 spiro atoms. The lowest BCUT2D eigenvalue weighted by Gasteiger charge is -2.28. The first-order chi connectivity index (χ1) is 34.9. The van der Waals surface area contributed by atoms with Crippen molar-refractivity contribution < 1.29 is 57.6 Å². The van der Waals surface area contributed by atoms with E-state index in [-0.39, 0.29) is 47.5 Å². The van der Waals surface area contributed by atoms with Gasteiger partial charge in [0, 0.05) is 52.1 Å². The summed E-state index contributed by atoms with van der Waals surface area (Å²) in [6.07, 6.45) is -2.55. The number of likely N-dealkylation sites (tertiary alicyclic amines) is 2.